The first-order valence-electron chi connectivity index (χ1n) is 10.8. The zero-order valence-electron chi connectivity index (χ0n) is 18.7. The summed E-state index contributed by atoms with van der Waals surface area (Å²) >= 11 is 0. The monoisotopic (exact) mass is 398 g/mol. The molecule has 7 heteroatoms. The predicted octanol–water partition coefficient (Wildman–Crippen LogP) is 3.08. The summed E-state index contributed by atoms with van der Waals surface area (Å²) in [5.74, 6) is 2.90. The summed E-state index contributed by atoms with van der Waals surface area (Å²) in [6.07, 6.45) is 4.59. The average molecular weight is 399 g/mol. The SMILES string of the molecule is CCN(C)c1nc(N(C)C)nc2c1CCC21CCN(Cc2c(C)noc2C)CC1. The normalized spacial score (nSPS) is 18.3. The molecule has 0 atom stereocenters. The number of aryl methyl sites for hydroxylation is 2. The Morgan fingerprint density at radius 2 is 1.79 bits per heavy atom. The Morgan fingerprint density at radius 1 is 1.07 bits per heavy atom. The van der Waals surface area contributed by atoms with E-state index in [4.69, 9.17) is 14.5 Å². The van der Waals surface area contributed by atoms with Gasteiger partial charge < -0.3 is 14.3 Å². The Labute approximate surface area is 174 Å². The van der Waals surface area contributed by atoms with Crippen molar-refractivity contribution in [2.45, 2.75) is 58.4 Å². The number of nitrogens with zero attached hydrogens (tertiary/aromatic N) is 6. The van der Waals surface area contributed by atoms with E-state index in [1.807, 2.05) is 32.8 Å². The van der Waals surface area contributed by atoms with E-state index in [-0.39, 0.29) is 5.41 Å². The summed E-state index contributed by atoms with van der Waals surface area (Å²) in [4.78, 5) is 16.8. The van der Waals surface area contributed by atoms with Crippen LogP contribution in [0.3, 0.4) is 0 Å². The van der Waals surface area contributed by atoms with Crippen LogP contribution >= 0.6 is 0 Å². The van der Waals surface area contributed by atoms with Gasteiger partial charge in [0.15, 0.2) is 0 Å². The van der Waals surface area contributed by atoms with Gasteiger partial charge in [-0.1, -0.05) is 5.16 Å². The van der Waals surface area contributed by atoms with Crippen LogP contribution in [-0.2, 0) is 18.4 Å². The van der Waals surface area contributed by atoms with Crippen molar-refractivity contribution in [1.82, 2.24) is 20.0 Å². The molecule has 3 heterocycles. The van der Waals surface area contributed by atoms with E-state index in [1.54, 1.807) is 0 Å². The fraction of sp³-hybridized carbons (Fsp3) is 0.682. The summed E-state index contributed by atoms with van der Waals surface area (Å²) in [5.41, 5.74) is 5.14. The molecule has 2 aliphatic rings. The molecule has 0 N–H and O–H groups in total. The lowest BCUT2D eigenvalue weighted by Crippen LogP contribution is -2.41. The Kier molecular flexibility index (Phi) is 5.27. The maximum atomic E-state index is 5.36. The van der Waals surface area contributed by atoms with Gasteiger partial charge in [0.2, 0.25) is 5.95 Å². The molecule has 0 unspecified atom stereocenters. The largest absolute Gasteiger partial charge is 0.361 e. The molecule has 2 aromatic heterocycles. The molecular formula is C22H34N6O. The second-order valence-corrected chi connectivity index (χ2v) is 8.94. The van der Waals surface area contributed by atoms with Crippen molar-refractivity contribution < 1.29 is 4.52 Å². The van der Waals surface area contributed by atoms with Crippen LogP contribution < -0.4 is 9.80 Å². The van der Waals surface area contributed by atoms with Gasteiger partial charge in [-0.2, -0.15) is 4.98 Å². The molecule has 0 bridgehead atoms. The summed E-state index contributed by atoms with van der Waals surface area (Å²) in [7, 11) is 6.20. The summed E-state index contributed by atoms with van der Waals surface area (Å²) in [5, 5.41) is 4.11. The van der Waals surface area contributed by atoms with Crippen LogP contribution in [-0.4, -0.2) is 60.8 Å². The number of likely N-dealkylation sites (tertiary alicyclic amines) is 1. The molecule has 0 saturated carbocycles. The number of hydrogen-bond donors (Lipinski definition) is 0. The number of hydrogen-bond acceptors (Lipinski definition) is 7. The average Bonchev–Trinajstić information content (AvgIpc) is 3.23. The van der Waals surface area contributed by atoms with Crippen molar-refractivity contribution in [2.75, 3.05) is 50.6 Å². The number of aromatic nitrogens is 3. The number of fused-ring (bicyclic) bond motifs is 2. The van der Waals surface area contributed by atoms with Gasteiger partial charge in [0.1, 0.15) is 11.6 Å². The van der Waals surface area contributed by atoms with Gasteiger partial charge in [-0.3, -0.25) is 4.90 Å². The van der Waals surface area contributed by atoms with Gasteiger partial charge in [-0.15, -0.1) is 0 Å². The Bertz CT molecular complexity index is 862. The van der Waals surface area contributed by atoms with Crippen LogP contribution in [0.15, 0.2) is 4.52 Å². The van der Waals surface area contributed by atoms with Gasteiger partial charge in [0, 0.05) is 50.8 Å². The standard InChI is InChI=1S/C22H34N6O/c1-7-27(6)20-17-8-9-22(19(17)23-21(24-20)26(4)5)10-12-28(13-11-22)14-18-15(2)25-29-16(18)3/h7-14H2,1-6H3. The molecule has 1 aliphatic heterocycles. The molecule has 7 nitrogen and oxygen atoms in total. The van der Waals surface area contributed by atoms with E-state index in [0.717, 1.165) is 68.7 Å². The van der Waals surface area contributed by atoms with E-state index in [9.17, 15) is 0 Å². The maximum Gasteiger partial charge on any atom is 0.227 e. The molecule has 0 radical (unpaired) electrons. The van der Waals surface area contributed by atoms with Crippen LogP contribution in [0.2, 0.25) is 0 Å². The van der Waals surface area contributed by atoms with Gasteiger partial charge >= 0.3 is 0 Å². The molecule has 4 rings (SSSR count). The quantitative estimate of drug-likeness (QED) is 0.767. The molecule has 1 aliphatic carbocycles. The van der Waals surface area contributed by atoms with Crippen LogP contribution in [0.1, 0.15) is 54.5 Å². The molecule has 1 spiro atoms. The first-order valence-corrected chi connectivity index (χ1v) is 10.8. The second-order valence-electron chi connectivity index (χ2n) is 8.94. The van der Waals surface area contributed by atoms with E-state index >= 15 is 0 Å². The van der Waals surface area contributed by atoms with Crippen molar-refractivity contribution in [3.8, 4) is 0 Å². The van der Waals surface area contributed by atoms with Crippen LogP contribution in [0.4, 0.5) is 11.8 Å². The fourth-order valence-corrected chi connectivity index (χ4v) is 4.85. The highest BCUT2D eigenvalue weighted by molar-refractivity contribution is 5.57. The number of piperidine rings is 1. The smallest absolute Gasteiger partial charge is 0.227 e. The summed E-state index contributed by atoms with van der Waals surface area (Å²) in [6.45, 7) is 10.3. The number of anilines is 2. The van der Waals surface area contributed by atoms with Crippen molar-refractivity contribution >= 4 is 11.8 Å². The molecular weight excluding hydrogens is 364 g/mol. The maximum absolute atomic E-state index is 5.36. The molecule has 2 aromatic rings. The second kappa shape index (κ2) is 7.59. The Hall–Kier alpha value is -2.15. The van der Waals surface area contributed by atoms with Crippen LogP contribution in [0, 0.1) is 13.8 Å². The van der Waals surface area contributed by atoms with Gasteiger partial charge in [-0.25, -0.2) is 4.98 Å². The van der Waals surface area contributed by atoms with Crippen LogP contribution in [0.25, 0.3) is 0 Å². The first-order chi connectivity index (χ1) is 13.8. The highest BCUT2D eigenvalue weighted by atomic mass is 16.5. The third kappa shape index (κ3) is 3.50. The molecule has 158 valence electrons. The van der Waals surface area contributed by atoms with Crippen molar-refractivity contribution in [2.24, 2.45) is 0 Å². The minimum absolute atomic E-state index is 0.196. The zero-order chi connectivity index (χ0) is 20.8. The van der Waals surface area contributed by atoms with Gasteiger partial charge in [0.05, 0.1) is 11.4 Å². The van der Waals surface area contributed by atoms with Gasteiger partial charge in [-0.05, 0) is 59.5 Å². The lowest BCUT2D eigenvalue weighted by atomic mass is 9.76. The third-order valence-electron chi connectivity index (χ3n) is 6.94. The van der Waals surface area contributed by atoms with E-state index in [2.05, 4.69) is 28.9 Å². The van der Waals surface area contributed by atoms with Gasteiger partial charge in [0.25, 0.3) is 0 Å². The fourth-order valence-electron chi connectivity index (χ4n) is 4.85. The van der Waals surface area contributed by atoms with E-state index in [0.29, 0.717) is 0 Å². The number of rotatable bonds is 5. The van der Waals surface area contributed by atoms with Crippen molar-refractivity contribution in [3.05, 3.63) is 28.3 Å². The lowest BCUT2D eigenvalue weighted by molar-refractivity contribution is 0.149. The molecule has 0 amide bonds. The molecule has 1 fully saturated rings. The third-order valence-corrected chi connectivity index (χ3v) is 6.94. The minimum Gasteiger partial charge on any atom is -0.361 e. The molecule has 29 heavy (non-hydrogen) atoms. The predicted molar refractivity (Wildman–Crippen MR) is 116 cm³/mol. The highest BCUT2D eigenvalue weighted by Gasteiger charge is 2.44. The molecule has 1 saturated heterocycles. The topological polar surface area (TPSA) is 61.5 Å². The van der Waals surface area contributed by atoms with Crippen LogP contribution in [0.5, 0.6) is 0 Å². The minimum atomic E-state index is 0.196. The zero-order valence-corrected chi connectivity index (χ0v) is 18.7. The summed E-state index contributed by atoms with van der Waals surface area (Å²) < 4.78 is 5.36. The first kappa shape index (κ1) is 20.1. The lowest BCUT2D eigenvalue weighted by Gasteiger charge is -2.39. The van der Waals surface area contributed by atoms with Crippen molar-refractivity contribution in [3.63, 3.8) is 0 Å². The Morgan fingerprint density at radius 3 is 2.38 bits per heavy atom. The summed E-state index contributed by atoms with van der Waals surface area (Å²) in [6, 6.07) is 0. The highest BCUT2D eigenvalue weighted by Crippen LogP contribution is 2.48. The van der Waals surface area contributed by atoms with E-state index in [1.165, 1.54) is 23.2 Å². The molecule has 0 aromatic carbocycles. The van der Waals surface area contributed by atoms with E-state index < -0.39 is 0 Å². The van der Waals surface area contributed by atoms with Crippen molar-refractivity contribution in [1.29, 1.82) is 0 Å². The Balaban J connectivity index is 1.58.